The Hall–Kier alpha value is -2.34. The zero-order valence-electron chi connectivity index (χ0n) is 10.7. The van der Waals surface area contributed by atoms with E-state index in [0.717, 1.165) is 4.90 Å². The number of hydrogen-bond acceptors (Lipinski definition) is 4. The molecular weight excluding hydrogens is 276 g/mol. The molecule has 2 N–H and O–H groups in total. The highest BCUT2D eigenvalue weighted by atomic mass is 32.2. The molecule has 0 saturated carbocycles. The van der Waals surface area contributed by atoms with Crippen molar-refractivity contribution in [1.29, 1.82) is 0 Å². The van der Waals surface area contributed by atoms with Gasteiger partial charge in [0.15, 0.2) is 0 Å². The fourth-order valence-electron chi connectivity index (χ4n) is 1.53. The Morgan fingerprint density at radius 3 is 2.50 bits per heavy atom. The first-order chi connectivity index (χ1) is 9.54. The number of carboxylic acids is 1. The molecular formula is C14H12N2O3S. The summed E-state index contributed by atoms with van der Waals surface area (Å²) in [4.78, 5) is 26.8. The van der Waals surface area contributed by atoms with Crippen molar-refractivity contribution in [3.63, 3.8) is 0 Å². The van der Waals surface area contributed by atoms with Crippen molar-refractivity contribution >= 4 is 29.3 Å². The molecule has 6 heteroatoms. The summed E-state index contributed by atoms with van der Waals surface area (Å²) in [5.41, 5.74) is 0.923. The zero-order valence-corrected chi connectivity index (χ0v) is 11.5. The topological polar surface area (TPSA) is 79.3 Å². The van der Waals surface area contributed by atoms with E-state index in [1.165, 1.54) is 37.0 Å². The summed E-state index contributed by atoms with van der Waals surface area (Å²) < 4.78 is 0. The van der Waals surface area contributed by atoms with Crippen LogP contribution in [0, 0.1) is 0 Å². The Morgan fingerprint density at radius 1 is 1.20 bits per heavy atom. The molecule has 2 rings (SSSR count). The summed E-state index contributed by atoms with van der Waals surface area (Å²) >= 11 is 1.36. The van der Waals surface area contributed by atoms with Crippen LogP contribution in [-0.2, 0) is 4.79 Å². The minimum atomic E-state index is -0.977. The molecule has 0 unspecified atom stereocenters. The second-order valence-electron chi connectivity index (χ2n) is 4.00. The van der Waals surface area contributed by atoms with Gasteiger partial charge in [-0.1, -0.05) is 11.8 Å². The number of anilines is 1. The minimum absolute atomic E-state index is 0.124. The number of carbonyl (C=O) groups excluding carboxylic acids is 1. The normalized spacial score (nSPS) is 10.1. The van der Waals surface area contributed by atoms with Crippen LogP contribution < -0.4 is 5.32 Å². The van der Waals surface area contributed by atoms with Crippen LogP contribution in [0.25, 0.3) is 0 Å². The summed E-state index contributed by atoms with van der Waals surface area (Å²) in [6, 6.07) is 10.2. The Kier molecular flexibility index (Phi) is 4.37. The number of rotatable bonds is 4. The smallest absolute Gasteiger partial charge is 0.335 e. The van der Waals surface area contributed by atoms with Gasteiger partial charge in [-0.25, -0.2) is 9.78 Å². The van der Waals surface area contributed by atoms with Gasteiger partial charge in [0.25, 0.3) is 0 Å². The Labute approximate surface area is 120 Å². The van der Waals surface area contributed by atoms with Gasteiger partial charge in [0.2, 0.25) is 5.91 Å². The van der Waals surface area contributed by atoms with E-state index in [1.54, 1.807) is 12.1 Å². The number of pyridine rings is 1. The number of carbonyl (C=O) groups is 2. The predicted molar refractivity (Wildman–Crippen MR) is 76.1 cm³/mol. The highest BCUT2D eigenvalue weighted by Gasteiger charge is 2.05. The standard InChI is InChI=1S/C14H12N2O3S/c1-9(17)16-11-2-4-12(5-3-11)20-13-8-10(14(18)19)6-7-15-13/h2-8H,1H3,(H,16,17)(H,18,19). The maximum atomic E-state index is 10.9. The van der Waals surface area contributed by atoms with E-state index >= 15 is 0 Å². The first kappa shape index (κ1) is 14.1. The molecule has 0 bridgehead atoms. The molecule has 0 atom stereocenters. The van der Waals surface area contributed by atoms with Gasteiger partial charge in [0, 0.05) is 23.7 Å². The third-order valence-corrected chi connectivity index (χ3v) is 3.32. The van der Waals surface area contributed by atoms with E-state index < -0.39 is 5.97 Å². The van der Waals surface area contributed by atoms with Crippen LogP contribution in [0.1, 0.15) is 17.3 Å². The van der Waals surface area contributed by atoms with Crippen LogP contribution in [-0.4, -0.2) is 22.0 Å². The number of benzene rings is 1. The van der Waals surface area contributed by atoms with Crippen molar-refractivity contribution in [3.8, 4) is 0 Å². The molecule has 1 amide bonds. The minimum Gasteiger partial charge on any atom is -0.478 e. The van der Waals surface area contributed by atoms with Crippen molar-refractivity contribution in [2.75, 3.05) is 5.32 Å². The second kappa shape index (κ2) is 6.21. The van der Waals surface area contributed by atoms with E-state index in [4.69, 9.17) is 5.11 Å². The zero-order chi connectivity index (χ0) is 14.5. The fourth-order valence-corrected chi connectivity index (χ4v) is 2.34. The van der Waals surface area contributed by atoms with Gasteiger partial charge in [-0.3, -0.25) is 4.79 Å². The Balaban J connectivity index is 2.11. The van der Waals surface area contributed by atoms with E-state index in [0.29, 0.717) is 10.7 Å². The van der Waals surface area contributed by atoms with Crippen molar-refractivity contribution < 1.29 is 14.7 Å². The first-order valence-corrected chi connectivity index (χ1v) is 6.61. The molecule has 0 aliphatic rings. The van der Waals surface area contributed by atoms with Gasteiger partial charge < -0.3 is 10.4 Å². The van der Waals surface area contributed by atoms with Crippen molar-refractivity contribution in [2.45, 2.75) is 16.8 Å². The summed E-state index contributed by atoms with van der Waals surface area (Å²) in [7, 11) is 0. The summed E-state index contributed by atoms with van der Waals surface area (Å²) in [6.45, 7) is 1.45. The van der Waals surface area contributed by atoms with Crippen LogP contribution in [0.4, 0.5) is 5.69 Å². The highest BCUT2D eigenvalue weighted by Crippen LogP contribution is 2.27. The predicted octanol–water partition coefficient (Wildman–Crippen LogP) is 2.89. The molecule has 1 aromatic carbocycles. The number of hydrogen-bond donors (Lipinski definition) is 2. The number of nitrogens with zero attached hydrogens (tertiary/aromatic N) is 1. The van der Waals surface area contributed by atoms with Crippen LogP contribution in [0.5, 0.6) is 0 Å². The largest absolute Gasteiger partial charge is 0.478 e. The van der Waals surface area contributed by atoms with Gasteiger partial charge in [-0.15, -0.1) is 0 Å². The lowest BCUT2D eigenvalue weighted by molar-refractivity contribution is -0.114. The molecule has 1 heterocycles. The van der Waals surface area contributed by atoms with Gasteiger partial charge in [0.1, 0.15) is 5.03 Å². The summed E-state index contributed by atoms with van der Waals surface area (Å²) in [6.07, 6.45) is 1.47. The molecule has 102 valence electrons. The molecule has 0 saturated heterocycles. The average Bonchev–Trinajstić information content (AvgIpc) is 2.41. The van der Waals surface area contributed by atoms with Crippen LogP contribution in [0.15, 0.2) is 52.5 Å². The lowest BCUT2D eigenvalue weighted by atomic mass is 10.3. The van der Waals surface area contributed by atoms with Gasteiger partial charge in [-0.2, -0.15) is 0 Å². The van der Waals surface area contributed by atoms with E-state index in [2.05, 4.69) is 10.3 Å². The molecule has 0 aliphatic carbocycles. The molecule has 0 radical (unpaired) electrons. The lowest BCUT2D eigenvalue weighted by Crippen LogP contribution is -2.05. The number of aromatic nitrogens is 1. The van der Waals surface area contributed by atoms with Crippen molar-refractivity contribution in [3.05, 3.63) is 48.2 Å². The molecule has 1 aromatic heterocycles. The third kappa shape index (κ3) is 3.83. The number of nitrogens with one attached hydrogen (secondary N) is 1. The SMILES string of the molecule is CC(=O)Nc1ccc(Sc2cc(C(=O)O)ccn2)cc1. The maximum absolute atomic E-state index is 10.9. The third-order valence-electron chi connectivity index (χ3n) is 2.38. The highest BCUT2D eigenvalue weighted by molar-refractivity contribution is 7.99. The van der Waals surface area contributed by atoms with Gasteiger partial charge in [-0.05, 0) is 36.4 Å². The van der Waals surface area contributed by atoms with E-state index in [9.17, 15) is 9.59 Å². The summed E-state index contributed by atoms with van der Waals surface area (Å²) in [5.74, 6) is -1.10. The molecule has 5 nitrogen and oxygen atoms in total. The lowest BCUT2D eigenvalue weighted by Gasteiger charge is -2.04. The Bertz CT molecular complexity index is 641. The van der Waals surface area contributed by atoms with Crippen molar-refractivity contribution in [2.24, 2.45) is 0 Å². The van der Waals surface area contributed by atoms with Gasteiger partial charge in [0.05, 0.1) is 5.56 Å². The summed E-state index contributed by atoms with van der Waals surface area (Å²) in [5, 5.41) is 12.2. The van der Waals surface area contributed by atoms with Crippen LogP contribution in [0.3, 0.4) is 0 Å². The quantitative estimate of drug-likeness (QED) is 0.904. The monoisotopic (exact) mass is 288 g/mol. The molecule has 20 heavy (non-hydrogen) atoms. The molecule has 2 aromatic rings. The Morgan fingerprint density at radius 2 is 1.90 bits per heavy atom. The van der Waals surface area contributed by atoms with Crippen molar-refractivity contribution in [1.82, 2.24) is 4.98 Å². The number of aromatic carboxylic acids is 1. The van der Waals surface area contributed by atoms with E-state index in [1.807, 2.05) is 12.1 Å². The molecule has 0 aliphatic heterocycles. The van der Waals surface area contributed by atoms with Gasteiger partial charge >= 0.3 is 5.97 Å². The average molecular weight is 288 g/mol. The fraction of sp³-hybridized carbons (Fsp3) is 0.0714. The molecule has 0 fully saturated rings. The maximum Gasteiger partial charge on any atom is 0.335 e. The van der Waals surface area contributed by atoms with Crippen LogP contribution >= 0.6 is 11.8 Å². The first-order valence-electron chi connectivity index (χ1n) is 5.79. The second-order valence-corrected chi connectivity index (χ2v) is 5.09. The van der Waals surface area contributed by atoms with Crippen LogP contribution in [0.2, 0.25) is 0 Å². The number of amides is 1. The number of carboxylic acid groups (broad SMARTS) is 1. The molecule has 0 spiro atoms. The van der Waals surface area contributed by atoms with E-state index in [-0.39, 0.29) is 11.5 Å².